The van der Waals surface area contributed by atoms with Crippen LogP contribution in [-0.2, 0) is 18.3 Å². The van der Waals surface area contributed by atoms with Crippen molar-refractivity contribution in [2.24, 2.45) is 0 Å². The Labute approximate surface area is 205 Å². The van der Waals surface area contributed by atoms with Crippen LogP contribution < -0.4 is 4.74 Å². The Morgan fingerprint density at radius 2 is 1.94 bits per heavy atom. The molecular formula is C26H24F3N5O2. The molecule has 4 aromatic rings. The summed E-state index contributed by atoms with van der Waals surface area (Å²) < 4.78 is 49.9. The van der Waals surface area contributed by atoms with Crippen molar-refractivity contribution in [3.8, 4) is 11.4 Å². The standard InChI is InChI=1S/C26H24F3N5O2/c1-17-15-33(16-30-17)21-10-8-18(14-22(21)36-2)9-11-23-31-24-25(35,12-5-13-34(24)32-23)19-6-3-4-7-20(19)26(27,28)29/h3-4,6-11,14-16,35H,5,12-13H2,1-2H3/b11-9+/t25-/m1/s1. The van der Waals surface area contributed by atoms with Crippen molar-refractivity contribution < 1.29 is 23.0 Å². The number of hydrogen-bond donors (Lipinski definition) is 1. The highest BCUT2D eigenvalue weighted by Gasteiger charge is 2.45. The molecule has 10 heteroatoms. The van der Waals surface area contributed by atoms with Gasteiger partial charge in [0.2, 0.25) is 0 Å². The molecule has 0 bridgehead atoms. The number of aromatic nitrogens is 5. The molecule has 36 heavy (non-hydrogen) atoms. The number of halogens is 3. The van der Waals surface area contributed by atoms with Crippen molar-refractivity contribution in [3.63, 3.8) is 0 Å². The maximum Gasteiger partial charge on any atom is 0.416 e. The molecule has 0 aliphatic carbocycles. The zero-order valence-electron chi connectivity index (χ0n) is 19.7. The summed E-state index contributed by atoms with van der Waals surface area (Å²) >= 11 is 0. The molecule has 186 valence electrons. The van der Waals surface area contributed by atoms with Crippen LogP contribution in [0.5, 0.6) is 5.75 Å². The minimum Gasteiger partial charge on any atom is -0.495 e. The first-order chi connectivity index (χ1) is 17.2. The first kappa shape index (κ1) is 23.8. The first-order valence-electron chi connectivity index (χ1n) is 11.4. The Morgan fingerprint density at radius 3 is 2.67 bits per heavy atom. The number of methoxy groups -OCH3 is 1. The van der Waals surface area contributed by atoms with Gasteiger partial charge in [-0.05, 0) is 49.6 Å². The molecule has 0 unspecified atom stereocenters. The van der Waals surface area contributed by atoms with E-state index in [0.29, 0.717) is 24.5 Å². The van der Waals surface area contributed by atoms with E-state index in [2.05, 4.69) is 15.1 Å². The van der Waals surface area contributed by atoms with Gasteiger partial charge in [-0.25, -0.2) is 14.6 Å². The molecule has 1 N–H and O–H groups in total. The van der Waals surface area contributed by atoms with Gasteiger partial charge in [-0.1, -0.05) is 30.3 Å². The highest BCUT2D eigenvalue weighted by atomic mass is 19.4. The molecule has 0 amide bonds. The van der Waals surface area contributed by atoms with E-state index in [1.54, 1.807) is 25.6 Å². The van der Waals surface area contributed by atoms with Crippen molar-refractivity contribution in [2.45, 2.75) is 38.1 Å². The van der Waals surface area contributed by atoms with Crippen molar-refractivity contribution >= 4 is 12.2 Å². The lowest BCUT2D eigenvalue weighted by atomic mass is 9.83. The third-order valence-electron chi connectivity index (χ3n) is 6.26. The van der Waals surface area contributed by atoms with Gasteiger partial charge in [0.25, 0.3) is 0 Å². The van der Waals surface area contributed by atoms with E-state index in [1.165, 1.54) is 22.9 Å². The normalized spacial score (nSPS) is 17.9. The van der Waals surface area contributed by atoms with Gasteiger partial charge >= 0.3 is 6.18 Å². The third-order valence-corrected chi connectivity index (χ3v) is 6.26. The zero-order valence-corrected chi connectivity index (χ0v) is 19.7. The van der Waals surface area contributed by atoms with E-state index in [-0.39, 0.29) is 17.8 Å². The lowest BCUT2D eigenvalue weighted by molar-refractivity contribution is -0.140. The Morgan fingerprint density at radius 1 is 1.14 bits per heavy atom. The Hall–Kier alpha value is -3.92. The number of nitrogens with zero attached hydrogens (tertiary/aromatic N) is 5. The fourth-order valence-corrected chi connectivity index (χ4v) is 4.57. The van der Waals surface area contributed by atoms with E-state index in [9.17, 15) is 18.3 Å². The summed E-state index contributed by atoms with van der Waals surface area (Å²) in [5.74, 6) is 1.04. The predicted molar refractivity (Wildman–Crippen MR) is 127 cm³/mol. The second-order valence-electron chi connectivity index (χ2n) is 8.71. The van der Waals surface area contributed by atoms with Crippen LogP contribution in [0.3, 0.4) is 0 Å². The summed E-state index contributed by atoms with van der Waals surface area (Å²) in [6.07, 6.45) is 3.04. The number of aryl methyl sites for hydroxylation is 2. The molecule has 0 saturated heterocycles. The molecule has 0 spiro atoms. The molecular weight excluding hydrogens is 471 g/mol. The minimum absolute atomic E-state index is 0.105. The molecule has 2 aromatic heterocycles. The van der Waals surface area contributed by atoms with Crippen LogP contribution in [0.1, 0.15) is 46.9 Å². The van der Waals surface area contributed by atoms with Crippen LogP contribution in [-0.4, -0.2) is 36.5 Å². The van der Waals surface area contributed by atoms with Crippen molar-refractivity contribution in [3.05, 3.63) is 89.0 Å². The average Bonchev–Trinajstić information content (AvgIpc) is 3.49. The molecule has 1 atom stereocenters. The molecule has 0 radical (unpaired) electrons. The Balaban J connectivity index is 1.47. The van der Waals surface area contributed by atoms with Gasteiger partial charge < -0.3 is 14.4 Å². The maximum atomic E-state index is 13.7. The number of fused-ring (bicyclic) bond motifs is 1. The van der Waals surface area contributed by atoms with E-state index in [1.807, 2.05) is 35.9 Å². The van der Waals surface area contributed by atoms with E-state index in [0.717, 1.165) is 23.0 Å². The molecule has 0 saturated carbocycles. The summed E-state index contributed by atoms with van der Waals surface area (Å²) in [6, 6.07) is 10.7. The summed E-state index contributed by atoms with van der Waals surface area (Å²) in [5.41, 5.74) is -0.444. The lowest BCUT2D eigenvalue weighted by Crippen LogP contribution is -2.37. The number of aliphatic hydroxyl groups is 1. The van der Waals surface area contributed by atoms with Crippen LogP contribution in [0.25, 0.3) is 17.8 Å². The van der Waals surface area contributed by atoms with Crippen molar-refractivity contribution in [1.29, 1.82) is 0 Å². The van der Waals surface area contributed by atoms with Gasteiger partial charge in [0.1, 0.15) is 11.4 Å². The van der Waals surface area contributed by atoms with Crippen molar-refractivity contribution in [2.75, 3.05) is 7.11 Å². The lowest BCUT2D eigenvalue weighted by Gasteiger charge is -2.33. The zero-order chi connectivity index (χ0) is 25.5. The van der Waals surface area contributed by atoms with Gasteiger partial charge in [-0.3, -0.25) is 0 Å². The number of benzene rings is 2. The van der Waals surface area contributed by atoms with Crippen LogP contribution in [0.15, 0.2) is 55.0 Å². The number of alkyl halides is 3. The highest BCUT2D eigenvalue weighted by Crippen LogP contribution is 2.43. The monoisotopic (exact) mass is 495 g/mol. The molecule has 0 fully saturated rings. The molecule has 7 nitrogen and oxygen atoms in total. The third kappa shape index (κ3) is 4.28. The first-order valence-corrected chi connectivity index (χ1v) is 11.4. The number of hydrogen-bond acceptors (Lipinski definition) is 5. The quantitative estimate of drug-likeness (QED) is 0.422. The fraction of sp³-hybridized carbons (Fsp3) is 0.269. The molecule has 2 aromatic carbocycles. The molecule has 1 aliphatic rings. The number of rotatable bonds is 5. The van der Waals surface area contributed by atoms with E-state index in [4.69, 9.17) is 4.74 Å². The van der Waals surface area contributed by atoms with Crippen LogP contribution in [0, 0.1) is 6.92 Å². The van der Waals surface area contributed by atoms with Crippen LogP contribution >= 0.6 is 0 Å². The topological polar surface area (TPSA) is 78.0 Å². The molecule has 1 aliphatic heterocycles. The SMILES string of the molecule is COc1cc(/C=C/c2nc3n(n2)CCC[C@@]3(O)c2ccccc2C(F)(F)F)ccc1-n1cnc(C)c1. The summed E-state index contributed by atoms with van der Waals surface area (Å²) in [7, 11) is 1.58. The predicted octanol–water partition coefficient (Wildman–Crippen LogP) is 5.00. The summed E-state index contributed by atoms with van der Waals surface area (Å²) in [4.78, 5) is 8.68. The van der Waals surface area contributed by atoms with Crippen LogP contribution in [0.4, 0.5) is 13.2 Å². The van der Waals surface area contributed by atoms with Crippen LogP contribution in [0.2, 0.25) is 0 Å². The molecule has 5 rings (SSSR count). The van der Waals surface area contributed by atoms with E-state index < -0.39 is 17.3 Å². The van der Waals surface area contributed by atoms with Gasteiger partial charge in [-0.15, -0.1) is 0 Å². The second kappa shape index (κ2) is 8.94. The largest absolute Gasteiger partial charge is 0.495 e. The smallest absolute Gasteiger partial charge is 0.416 e. The van der Waals surface area contributed by atoms with E-state index >= 15 is 0 Å². The number of imidazole rings is 1. The van der Waals surface area contributed by atoms with Crippen molar-refractivity contribution in [1.82, 2.24) is 24.3 Å². The summed E-state index contributed by atoms with van der Waals surface area (Å²) in [5, 5.41) is 15.9. The Bertz CT molecular complexity index is 1440. The van der Waals surface area contributed by atoms with Gasteiger partial charge in [0.05, 0.1) is 30.4 Å². The fourth-order valence-electron chi connectivity index (χ4n) is 4.57. The highest BCUT2D eigenvalue weighted by molar-refractivity contribution is 5.69. The van der Waals surface area contributed by atoms with Gasteiger partial charge in [0.15, 0.2) is 11.6 Å². The number of ether oxygens (including phenoxy) is 1. The minimum atomic E-state index is -4.60. The maximum absolute atomic E-state index is 13.7. The van der Waals surface area contributed by atoms with Gasteiger partial charge in [0, 0.05) is 18.3 Å². The van der Waals surface area contributed by atoms with Gasteiger partial charge in [-0.2, -0.15) is 18.3 Å². The Kier molecular flexibility index (Phi) is 5.91. The molecule has 3 heterocycles. The summed E-state index contributed by atoms with van der Waals surface area (Å²) in [6.45, 7) is 2.36. The average molecular weight is 496 g/mol. The second-order valence-corrected chi connectivity index (χ2v) is 8.71.